The number of hydrogen-bond donors (Lipinski definition) is 2. The van der Waals surface area contributed by atoms with E-state index in [1.54, 1.807) is 12.1 Å². The number of H-pyrrole nitrogens is 1. The summed E-state index contributed by atoms with van der Waals surface area (Å²) in [4.78, 5) is 43.1. The molecule has 2 N–H and O–H groups in total. The van der Waals surface area contributed by atoms with Gasteiger partial charge in [-0.2, -0.15) is 0 Å². The van der Waals surface area contributed by atoms with Crippen LogP contribution >= 0.6 is 12.4 Å². The molecule has 0 atom stereocenters. The van der Waals surface area contributed by atoms with E-state index in [4.69, 9.17) is 9.47 Å². The second-order valence-electron chi connectivity index (χ2n) is 8.18. The maximum Gasteiger partial charge on any atom is 0.417 e. The number of rotatable bonds is 5. The fraction of sp³-hybridized carbons (Fsp3) is 0.348. The van der Waals surface area contributed by atoms with Gasteiger partial charge < -0.3 is 19.8 Å². The number of carbonyl (C=O) groups is 3. The molecule has 0 saturated carbocycles. The molecule has 2 aromatic rings. The lowest BCUT2D eigenvalue weighted by Crippen LogP contribution is -2.35. The van der Waals surface area contributed by atoms with Crippen molar-refractivity contribution in [3.8, 4) is 0 Å². The van der Waals surface area contributed by atoms with E-state index in [-0.39, 0.29) is 37.4 Å². The summed E-state index contributed by atoms with van der Waals surface area (Å²) in [6.07, 6.45) is 1.33. The zero-order valence-corrected chi connectivity index (χ0v) is 19.0. The number of aromatic amines is 1. The molecule has 2 saturated heterocycles. The van der Waals surface area contributed by atoms with Crippen LogP contribution in [0, 0.1) is 0 Å². The van der Waals surface area contributed by atoms with Crippen molar-refractivity contribution in [3.63, 3.8) is 0 Å². The number of imide groups is 1. The molecule has 3 aliphatic heterocycles. The third kappa shape index (κ3) is 4.52. The minimum absolute atomic E-state index is 0. The van der Waals surface area contributed by atoms with Crippen LogP contribution in [-0.2, 0) is 32.2 Å². The Morgan fingerprint density at radius 1 is 1.06 bits per heavy atom. The van der Waals surface area contributed by atoms with Gasteiger partial charge in [0, 0.05) is 42.8 Å². The Kier molecular flexibility index (Phi) is 6.55. The van der Waals surface area contributed by atoms with Crippen LogP contribution in [-0.4, -0.2) is 65.6 Å². The highest BCUT2D eigenvalue weighted by molar-refractivity contribution is 6.36. The predicted octanol–water partition coefficient (Wildman–Crippen LogP) is 2.63. The first-order chi connectivity index (χ1) is 15.5. The lowest BCUT2D eigenvalue weighted by Gasteiger charge is -2.25. The number of nitrogens with one attached hydrogen (secondary N) is 2. The largest absolute Gasteiger partial charge is 0.439 e. The maximum atomic E-state index is 12.8. The summed E-state index contributed by atoms with van der Waals surface area (Å²) in [5, 5.41) is 2.90. The molecule has 33 heavy (non-hydrogen) atoms. The Balaban J connectivity index is 0.00000259. The number of anilines is 1. The molecule has 0 spiro atoms. The highest BCUT2D eigenvalue weighted by Crippen LogP contribution is 2.37. The minimum atomic E-state index is -0.643. The zero-order chi connectivity index (χ0) is 22.2. The molecule has 1 aromatic carbocycles. The van der Waals surface area contributed by atoms with E-state index in [2.05, 4.69) is 21.3 Å². The number of halogens is 1. The standard InChI is InChI=1S/C23H24N4O5.ClH/c1-14(19-9-16(10-24-19)11-26-4-6-31-7-5-26)21-17-8-15(2-3-18(17)25-22(21)29)12-27-20(28)13-32-23(27)30;/h2-3,8-10,24H,4-7,11-13H2,1H3,(H,25,29);1H/b21-14+;. The molecule has 1 aromatic heterocycles. The number of hydrogen-bond acceptors (Lipinski definition) is 6. The van der Waals surface area contributed by atoms with Gasteiger partial charge in [0.2, 0.25) is 0 Å². The SMILES string of the molecule is C/C(=C1\C(=O)Nc2ccc(CN3C(=O)COC3=O)cc21)c1cc(CN2CCOCC2)c[nH]1.Cl. The van der Waals surface area contributed by atoms with E-state index >= 15 is 0 Å². The quantitative estimate of drug-likeness (QED) is 0.648. The first-order valence-corrected chi connectivity index (χ1v) is 10.6. The lowest BCUT2D eigenvalue weighted by molar-refractivity contribution is -0.126. The predicted molar refractivity (Wildman–Crippen MR) is 124 cm³/mol. The van der Waals surface area contributed by atoms with Crippen molar-refractivity contribution in [2.45, 2.75) is 20.0 Å². The summed E-state index contributed by atoms with van der Waals surface area (Å²) in [7, 11) is 0. The number of aromatic nitrogens is 1. The first-order valence-electron chi connectivity index (χ1n) is 10.6. The maximum absolute atomic E-state index is 12.8. The van der Waals surface area contributed by atoms with Crippen molar-refractivity contribution in [1.29, 1.82) is 0 Å². The summed E-state index contributed by atoms with van der Waals surface area (Å²) < 4.78 is 10.2. The van der Waals surface area contributed by atoms with Crippen LogP contribution in [0.1, 0.15) is 29.3 Å². The molecule has 2 fully saturated rings. The van der Waals surface area contributed by atoms with Crippen LogP contribution in [0.3, 0.4) is 0 Å². The number of fused-ring (bicyclic) bond motifs is 1. The number of morpholine rings is 1. The average Bonchev–Trinajstić information content (AvgIpc) is 3.47. The Morgan fingerprint density at radius 3 is 2.58 bits per heavy atom. The lowest BCUT2D eigenvalue weighted by atomic mass is 9.98. The highest BCUT2D eigenvalue weighted by atomic mass is 35.5. The number of cyclic esters (lactones) is 1. The summed E-state index contributed by atoms with van der Waals surface area (Å²) in [5.74, 6) is -0.536. The van der Waals surface area contributed by atoms with Crippen LogP contribution in [0.4, 0.5) is 10.5 Å². The van der Waals surface area contributed by atoms with Crippen LogP contribution in [0.15, 0.2) is 30.5 Å². The molecular weight excluding hydrogens is 448 g/mol. The van der Waals surface area contributed by atoms with Gasteiger partial charge in [-0.05, 0) is 41.8 Å². The summed E-state index contributed by atoms with van der Waals surface area (Å²) >= 11 is 0. The van der Waals surface area contributed by atoms with E-state index in [0.29, 0.717) is 11.3 Å². The van der Waals surface area contributed by atoms with Crippen molar-refractivity contribution >= 4 is 47.1 Å². The normalized spacial score (nSPS) is 19.8. The fourth-order valence-corrected chi connectivity index (χ4v) is 4.30. The first kappa shape index (κ1) is 23.0. The Hall–Kier alpha value is -3.14. The van der Waals surface area contributed by atoms with Crippen LogP contribution < -0.4 is 5.32 Å². The van der Waals surface area contributed by atoms with Gasteiger partial charge in [0.15, 0.2) is 6.61 Å². The smallest absolute Gasteiger partial charge is 0.417 e. The molecule has 5 rings (SSSR count). The summed E-state index contributed by atoms with van der Waals surface area (Å²) in [5.41, 5.74) is 5.67. The highest BCUT2D eigenvalue weighted by Gasteiger charge is 2.32. The van der Waals surface area contributed by atoms with Crippen molar-refractivity contribution in [2.24, 2.45) is 0 Å². The summed E-state index contributed by atoms with van der Waals surface area (Å²) in [6, 6.07) is 7.52. The molecule has 0 radical (unpaired) electrons. The number of allylic oxidation sites excluding steroid dienone is 1. The minimum Gasteiger partial charge on any atom is -0.439 e. The number of carbonyl (C=O) groups excluding carboxylic acids is 3. The molecule has 174 valence electrons. The van der Waals surface area contributed by atoms with Crippen molar-refractivity contribution in [1.82, 2.24) is 14.8 Å². The molecule has 10 heteroatoms. The topological polar surface area (TPSA) is 104 Å². The second-order valence-corrected chi connectivity index (χ2v) is 8.18. The van der Waals surface area contributed by atoms with E-state index in [9.17, 15) is 14.4 Å². The Morgan fingerprint density at radius 2 is 1.85 bits per heavy atom. The number of nitrogens with zero attached hydrogens (tertiary/aromatic N) is 2. The van der Waals surface area contributed by atoms with Gasteiger partial charge in [0.05, 0.1) is 25.3 Å². The molecular formula is C23H25ClN4O5. The van der Waals surface area contributed by atoms with E-state index in [1.807, 2.05) is 19.2 Å². The van der Waals surface area contributed by atoms with E-state index in [1.165, 1.54) is 0 Å². The zero-order valence-electron chi connectivity index (χ0n) is 18.2. The fourth-order valence-electron chi connectivity index (χ4n) is 4.30. The molecule has 0 aliphatic carbocycles. The summed E-state index contributed by atoms with van der Waals surface area (Å²) in [6.45, 7) is 5.95. The van der Waals surface area contributed by atoms with Crippen molar-refractivity contribution in [2.75, 3.05) is 38.2 Å². The molecule has 4 heterocycles. The molecule has 9 nitrogen and oxygen atoms in total. The molecule has 0 bridgehead atoms. The number of benzene rings is 1. The number of ether oxygens (including phenoxy) is 2. The number of amides is 3. The van der Waals surface area contributed by atoms with Crippen molar-refractivity contribution < 1.29 is 23.9 Å². The Labute approximate surface area is 197 Å². The average molecular weight is 473 g/mol. The van der Waals surface area contributed by atoms with Crippen LogP contribution in [0.2, 0.25) is 0 Å². The van der Waals surface area contributed by atoms with E-state index < -0.39 is 6.09 Å². The molecule has 3 aliphatic rings. The van der Waals surface area contributed by atoms with Gasteiger partial charge in [0.1, 0.15) is 0 Å². The van der Waals surface area contributed by atoms with E-state index in [0.717, 1.165) is 65.7 Å². The van der Waals surface area contributed by atoms with Crippen molar-refractivity contribution in [3.05, 3.63) is 52.8 Å². The third-order valence-electron chi connectivity index (χ3n) is 6.04. The van der Waals surface area contributed by atoms with Gasteiger partial charge in [-0.25, -0.2) is 9.69 Å². The molecule has 3 amide bonds. The second kappa shape index (κ2) is 9.38. The Bertz CT molecular complexity index is 1120. The molecule has 0 unspecified atom stereocenters. The van der Waals surface area contributed by atoms with Gasteiger partial charge >= 0.3 is 6.09 Å². The van der Waals surface area contributed by atoms with Gasteiger partial charge in [-0.1, -0.05) is 6.07 Å². The van der Waals surface area contributed by atoms with Crippen LogP contribution in [0.5, 0.6) is 0 Å². The van der Waals surface area contributed by atoms with Gasteiger partial charge in [0.25, 0.3) is 11.8 Å². The van der Waals surface area contributed by atoms with Gasteiger partial charge in [-0.15, -0.1) is 12.4 Å². The van der Waals surface area contributed by atoms with Crippen LogP contribution in [0.25, 0.3) is 11.1 Å². The monoisotopic (exact) mass is 472 g/mol. The third-order valence-corrected chi connectivity index (χ3v) is 6.04. The van der Waals surface area contributed by atoms with Gasteiger partial charge in [-0.3, -0.25) is 14.5 Å².